The summed E-state index contributed by atoms with van der Waals surface area (Å²) < 4.78 is 1.34. The predicted molar refractivity (Wildman–Crippen MR) is 67.1 cm³/mol. The van der Waals surface area contributed by atoms with E-state index >= 15 is 0 Å². The molecule has 0 saturated carbocycles. The molecular formula is C10H17ClN2OS. The van der Waals surface area contributed by atoms with Crippen LogP contribution in [0, 0.1) is 0 Å². The molecule has 0 saturated heterocycles. The maximum absolute atomic E-state index is 11.6. The summed E-state index contributed by atoms with van der Waals surface area (Å²) in [5.74, 6) is 0. The molecule has 0 spiro atoms. The van der Waals surface area contributed by atoms with Gasteiger partial charge in [-0.15, -0.1) is 12.6 Å². The number of hydrogen-bond donors (Lipinski definition) is 1. The van der Waals surface area contributed by atoms with Crippen molar-refractivity contribution < 1.29 is 0 Å². The van der Waals surface area contributed by atoms with Gasteiger partial charge in [0.25, 0.3) is 5.56 Å². The summed E-state index contributed by atoms with van der Waals surface area (Å²) in [6, 6.07) is 0. The van der Waals surface area contributed by atoms with Gasteiger partial charge in [-0.2, -0.15) is 5.10 Å². The second-order valence-electron chi connectivity index (χ2n) is 3.73. The number of rotatable bonds is 0. The minimum atomic E-state index is -0.359. The lowest BCUT2D eigenvalue weighted by Gasteiger charge is -2.20. The zero-order valence-electron chi connectivity index (χ0n) is 9.71. The van der Waals surface area contributed by atoms with Crippen LogP contribution in [0.25, 0.3) is 0 Å². The summed E-state index contributed by atoms with van der Waals surface area (Å²) in [4.78, 5) is 12.0. The van der Waals surface area contributed by atoms with Crippen molar-refractivity contribution in [2.75, 3.05) is 0 Å². The van der Waals surface area contributed by atoms with E-state index in [1.54, 1.807) is 0 Å². The van der Waals surface area contributed by atoms with Gasteiger partial charge in [0, 0.05) is 4.90 Å². The van der Waals surface area contributed by atoms with Crippen molar-refractivity contribution in [1.82, 2.24) is 9.78 Å². The lowest BCUT2D eigenvalue weighted by atomic mass is 10.1. The van der Waals surface area contributed by atoms with Crippen molar-refractivity contribution in [3.05, 3.63) is 21.6 Å². The van der Waals surface area contributed by atoms with E-state index in [1.807, 2.05) is 34.6 Å². The summed E-state index contributed by atoms with van der Waals surface area (Å²) in [5, 5.41) is 4.07. The molecule has 0 amide bonds. The number of nitrogens with zero attached hydrogens (tertiary/aromatic N) is 2. The Morgan fingerprint density at radius 1 is 1.40 bits per heavy atom. The van der Waals surface area contributed by atoms with Crippen LogP contribution in [0.2, 0.25) is 5.02 Å². The van der Waals surface area contributed by atoms with Crippen LogP contribution in [-0.2, 0) is 5.54 Å². The first-order chi connectivity index (χ1) is 6.84. The fraction of sp³-hybridized carbons (Fsp3) is 0.600. The fourth-order valence-corrected chi connectivity index (χ4v) is 1.18. The Labute approximate surface area is 101 Å². The quantitative estimate of drug-likeness (QED) is 0.717. The van der Waals surface area contributed by atoms with Crippen LogP contribution < -0.4 is 5.56 Å². The summed E-state index contributed by atoms with van der Waals surface area (Å²) >= 11 is 9.74. The molecule has 0 aliphatic carbocycles. The Morgan fingerprint density at radius 2 is 1.87 bits per heavy atom. The molecule has 1 rings (SSSR count). The molecule has 0 unspecified atom stereocenters. The highest BCUT2D eigenvalue weighted by molar-refractivity contribution is 7.80. The third kappa shape index (κ3) is 3.54. The van der Waals surface area contributed by atoms with Gasteiger partial charge in [-0.1, -0.05) is 25.4 Å². The Bertz CT molecular complexity index is 382. The molecule has 5 heteroatoms. The Morgan fingerprint density at radius 3 is 2.27 bits per heavy atom. The van der Waals surface area contributed by atoms with Gasteiger partial charge in [-0.3, -0.25) is 4.79 Å². The van der Waals surface area contributed by atoms with Gasteiger partial charge in [0.2, 0.25) is 0 Å². The van der Waals surface area contributed by atoms with E-state index < -0.39 is 0 Å². The molecule has 15 heavy (non-hydrogen) atoms. The van der Waals surface area contributed by atoms with E-state index in [-0.39, 0.29) is 16.1 Å². The number of halogens is 1. The highest BCUT2D eigenvalue weighted by Crippen LogP contribution is 2.16. The van der Waals surface area contributed by atoms with Crippen LogP contribution in [0.4, 0.5) is 0 Å². The molecule has 0 bridgehead atoms. The van der Waals surface area contributed by atoms with Crippen LogP contribution >= 0.6 is 24.2 Å². The smallest absolute Gasteiger partial charge is 0.266 e. The van der Waals surface area contributed by atoms with Gasteiger partial charge in [0.15, 0.2) is 0 Å². The summed E-state index contributed by atoms with van der Waals surface area (Å²) in [7, 11) is 0. The van der Waals surface area contributed by atoms with Crippen molar-refractivity contribution in [1.29, 1.82) is 0 Å². The molecule has 1 heterocycles. The third-order valence-electron chi connectivity index (χ3n) is 1.54. The predicted octanol–water partition coefficient (Wildman–Crippen LogP) is 2.97. The molecule has 0 aliphatic rings. The zero-order chi connectivity index (χ0) is 12.2. The molecule has 3 nitrogen and oxygen atoms in total. The average Bonchev–Trinajstić information content (AvgIpc) is 2.15. The van der Waals surface area contributed by atoms with Crippen LogP contribution in [0.5, 0.6) is 0 Å². The average molecular weight is 249 g/mol. The van der Waals surface area contributed by atoms with Gasteiger partial charge in [-0.05, 0) is 20.8 Å². The van der Waals surface area contributed by atoms with E-state index in [9.17, 15) is 4.79 Å². The SMILES string of the molecule is CC.CC(C)(C)n1ncc(S)c(Cl)c1=O. The van der Waals surface area contributed by atoms with E-state index in [4.69, 9.17) is 11.6 Å². The van der Waals surface area contributed by atoms with E-state index in [0.29, 0.717) is 4.90 Å². The Balaban J connectivity index is 0.000000921. The van der Waals surface area contributed by atoms with Crippen LogP contribution in [0.1, 0.15) is 34.6 Å². The first-order valence-corrected chi connectivity index (χ1v) is 5.64. The molecule has 0 radical (unpaired) electrons. The van der Waals surface area contributed by atoms with Crippen LogP contribution in [-0.4, -0.2) is 9.78 Å². The summed E-state index contributed by atoms with van der Waals surface area (Å²) in [6.45, 7) is 9.65. The highest BCUT2D eigenvalue weighted by Gasteiger charge is 2.18. The summed E-state index contributed by atoms with van der Waals surface area (Å²) in [5.41, 5.74) is -0.663. The monoisotopic (exact) mass is 248 g/mol. The molecule has 0 fully saturated rings. The van der Waals surface area contributed by atoms with Crippen molar-refractivity contribution >= 4 is 24.2 Å². The molecule has 0 aliphatic heterocycles. The lowest BCUT2D eigenvalue weighted by molar-refractivity contribution is 0.336. The van der Waals surface area contributed by atoms with Gasteiger partial charge >= 0.3 is 0 Å². The fourth-order valence-electron chi connectivity index (χ4n) is 0.902. The van der Waals surface area contributed by atoms with Gasteiger partial charge in [0.05, 0.1) is 11.7 Å². The van der Waals surface area contributed by atoms with Gasteiger partial charge < -0.3 is 0 Å². The van der Waals surface area contributed by atoms with E-state index in [2.05, 4.69) is 17.7 Å². The molecule has 0 N–H and O–H groups in total. The van der Waals surface area contributed by atoms with Crippen molar-refractivity contribution in [3.8, 4) is 0 Å². The second-order valence-corrected chi connectivity index (χ2v) is 4.59. The topological polar surface area (TPSA) is 34.9 Å². The molecule has 86 valence electrons. The largest absolute Gasteiger partial charge is 0.287 e. The lowest BCUT2D eigenvalue weighted by Crippen LogP contribution is -2.36. The minimum Gasteiger partial charge on any atom is -0.266 e. The highest BCUT2D eigenvalue weighted by atomic mass is 35.5. The number of hydrogen-bond acceptors (Lipinski definition) is 3. The number of thiol groups is 1. The van der Waals surface area contributed by atoms with Crippen LogP contribution in [0.15, 0.2) is 15.9 Å². The molecule has 1 aromatic rings. The van der Waals surface area contributed by atoms with Crippen molar-refractivity contribution in [2.45, 2.75) is 45.1 Å². The Kier molecular flexibility index (Phi) is 5.38. The van der Waals surface area contributed by atoms with Crippen LogP contribution in [0.3, 0.4) is 0 Å². The third-order valence-corrected chi connectivity index (χ3v) is 2.37. The van der Waals surface area contributed by atoms with Gasteiger partial charge in [0.1, 0.15) is 5.02 Å². The maximum Gasteiger partial charge on any atom is 0.287 e. The second kappa shape index (κ2) is 5.56. The van der Waals surface area contributed by atoms with E-state index in [0.717, 1.165) is 0 Å². The molecule has 0 aromatic carbocycles. The van der Waals surface area contributed by atoms with Crippen molar-refractivity contribution in [2.24, 2.45) is 0 Å². The maximum atomic E-state index is 11.6. The van der Waals surface area contributed by atoms with Crippen molar-refractivity contribution in [3.63, 3.8) is 0 Å². The first kappa shape index (κ1) is 14.5. The van der Waals surface area contributed by atoms with E-state index in [1.165, 1.54) is 10.9 Å². The minimum absolute atomic E-state index is 0.119. The number of aromatic nitrogens is 2. The summed E-state index contributed by atoms with van der Waals surface area (Å²) in [6.07, 6.45) is 1.47. The normalized spacial score (nSPS) is 10.6. The molecule has 0 atom stereocenters. The standard InChI is InChI=1S/C8H11ClN2OS.C2H6/c1-8(2,3)11-7(12)6(9)5(13)4-10-11;1-2/h4,13H,1-3H3;1-2H3. The zero-order valence-corrected chi connectivity index (χ0v) is 11.4. The Hall–Kier alpha value is -0.480. The molecular weight excluding hydrogens is 232 g/mol. The molecule has 1 aromatic heterocycles. The van der Waals surface area contributed by atoms with Gasteiger partial charge in [-0.25, -0.2) is 4.68 Å². The first-order valence-electron chi connectivity index (χ1n) is 4.81.